The predicted octanol–water partition coefficient (Wildman–Crippen LogP) is 0.636. The quantitative estimate of drug-likeness (QED) is 0.548. The number of carbonyl (C=O) groups excluding carboxylic acids is 1. The Morgan fingerprint density at radius 2 is 2.17 bits per heavy atom. The van der Waals surface area contributed by atoms with Crippen molar-refractivity contribution in [2.24, 2.45) is 0 Å². The van der Waals surface area contributed by atoms with Gasteiger partial charge in [-0.3, -0.25) is 0 Å². The normalized spacial score (nSPS) is 14.3. The minimum absolute atomic E-state index is 0.199. The summed E-state index contributed by atoms with van der Waals surface area (Å²) in [4.78, 5) is 11.1. The molecule has 12 heavy (non-hydrogen) atoms. The monoisotopic (exact) mass is 156 g/mol. The Kier molecular flexibility index (Phi) is 1.40. The molecule has 1 aromatic carbocycles. The van der Waals surface area contributed by atoms with E-state index in [1.54, 1.807) is 0 Å². The Bertz CT molecular complexity index is 384. The van der Waals surface area contributed by atoms with Gasteiger partial charge in [-0.2, -0.15) is 0 Å². The van der Waals surface area contributed by atoms with Gasteiger partial charge >= 0.3 is 70.9 Å². The fraction of sp³-hybridized carbons (Fsp3) is 0.111. The number of benzene rings is 1. The van der Waals surface area contributed by atoms with E-state index in [9.17, 15) is 4.79 Å². The third kappa shape index (κ3) is 0.898. The summed E-state index contributed by atoms with van der Waals surface area (Å²) in [6.07, 6.45) is 0. The van der Waals surface area contributed by atoms with E-state index in [4.69, 9.17) is 7.49 Å². The van der Waals surface area contributed by atoms with Gasteiger partial charge in [0.1, 0.15) is 0 Å². The van der Waals surface area contributed by atoms with Gasteiger partial charge in [-0.15, -0.1) is 0 Å². The van der Waals surface area contributed by atoms with Gasteiger partial charge < -0.3 is 0 Å². The number of anilines is 1. The van der Waals surface area contributed by atoms with Crippen molar-refractivity contribution >= 4 is 24.5 Å². The van der Waals surface area contributed by atoms with E-state index < -0.39 is 0 Å². The van der Waals surface area contributed by atoms with E-state index in [1.165, 1.54) is 0 Å². The molecule has 2 rings (SSSR count). The summed E-state index contributed by atoms with van der Waals surface area (Å²) in [5, 5.41) is 2.69. The Balaban J connectivity index is 2.62. The summed E-state index contributed by atoms with van der Waals surface area (Å²) in [7, 11) is 5.54. The second-order valence-electron chi connectivity index (χ2n) is 2.92. The first-order valence-electron chi connectivity index (χ1n) is 3.73. The van der Waals surface area contributed by atoms with Crippen molar-refractivity contribution < 1.29 is 4.79 Å². The van der Waals surface area contributed by atoms with Crippen LogP contribution in [0.2, 0.25) is 0 Å². The average molecular weight is 156 g/mol. The molecule has 1 N–H and O–H groups in total. The minimum atomic E-state index is -0.199. The standard InChI is InChI=1S/C9H7BNO/c1-5-2-3-6-7(4-5)11-9(12)8(6)10/h2-4H,1H3,(H,11,12). The molecule has 0 aromatic heterocycles. The van der Waals surface area contributed by atoms with E-state index in [0.717, 1.165) is 16.8 Å². The molecule has 1 aliphatic rings. The summed E-state index contributed by atoms with van der Waals surface area (Å²) in [5.74, 6) is -0.199. The topological polar surface area (TPSA) is 29.1 Å². The molecular formula is C9H7BNO. The molecule has 0 saturated heterocycles. The molecule has 0 unspecified atom stereocenters. The fourth-order valence-corrected chi connectivity index (χ4v) is 1.31. The van der Waals surface area contributed by atoms with E-state index in [0.29, 0.717) is 5.46 Å². The van der Waals surface area contributed by atoms with E-state index in [2.05, 4.69) is 5.32 Å². The number of aryl methyl sites for hydroxylation is 1. The van der Waals surface area contributed by atoms with Gasteiger partial charge in [-0.25, -0.2) is 0 Å². The molecule has 1 heterocycles. The maximum absolute atomic E-state index is 11.1. The van der Waals surface area contributed by atoms with E-state index >= 15 is 0 Å². The van der Waals surface area contributed by atoms with Gasteiger partial charge in [0.25, 0.3) is 0 Å². The van der Waals surface area contributed by atoms with Crippen LogP contribution in [0.15, 0.2) is 18.2 Å². The first-order valence-corrected chi connectivity index (χ1v) is 3.73. The molecule has 0 saturated carbocycles. The van der Waals surface area contributed by atoms with E-state index in [-0.39, 0.29) is 5.91 Å². The SMILES string of the molecule is [B]=C1C(=O)Nc2cc(C)ccc21. The Morgan fingerprint density at radius 1 is 1.42 bits per heavy atom. The van der Waals surface area contributed by atoms with Crippen molar-refractivity contribution in [2.45, 2.75) is 6.92 Å². The van der Waals surface area contributed by atoms with Crippen molar-refractivity contribution in [1.82, 2.24) is 0 Å². The first kappa shape index (κ1) is 7.28. The summed E-state index contributed by atoms with van der Waals surface area (Å²) >= 11 is 0. The van der Waals surface area contributed by atoms with Crippen LogP contribution in [0.4, 0.5) is 5.69 Å². The second kappa shape index (κ2) is 2.30. The summed E-state index contributed by atoms with van der Waals surface area (Å²) < 4.78 is 0. The van der Waals surface area contributed by atoms with Crippen molar-refractivity contribution in [1.29, 1.82) is 0 Å². The van der Waals surface area contributed by atoms with Crippen molar-refractivity contribution in [3.63, 3.8) is 0 Å². The van der Waals surface area contributed by atoms with Crippen LogP contribution in [0.25, 0.3) is 0 Å². The van der Waals surface area contributed by atoms with Crippen LogP contribution in [-0.2, 0) is 4.79 Å². The number of hydrogen-bond acceptors (Lipinski definition) is 1. The van der Waals surface area contributed by atoms with Crippen LogP contribution < -0.4 is 5.32 Å². The van der Waals surface area contributed by atoms with Crippen LogP contribution in [0, 0.1) is 6.92 Å². The molecule has 1 aromatic rings. The molecule has 0 aliphatic carbocycles. The van der Waals surface area contributed by atoms with Crippen molar-refractivity contribution in [3.05, 3.63) is 29.3 Å². The molecule has 2 nitrogen and oxygen atoms in total. The molecule has 0 bridgehead atoms. The first-order chi connectivity index (χ1) is 5.68. The van der Waals surface area contributed by atoms with Crippen LogP contribution >= 0.6 is 0 Å². The van der Waals surface area contributed by atoms with Gasteiger partial charge in [-0.05, 0) is 0 Å². The maximum atomic E-state index is 11.1. The fourth-order valence-electron chi connectivity index (χ4n) is 1.31. The third-order valence-corrected chi connectivity index (χ3v) is 1.96. The van der Waals surface area contributed by atoms with Crippen molar-refractivity contribution in [3.8, 4) is 0 Å². The van der Waals surface area contributed by atoms with Gasteiger partial charge in [0, 0.05) is 0 Å². The predicted molar refractivity (Wildman–Crippen MR) is 49.7 cm³/mol. The molecule has 1 radical (unpaired) electrons. The molecule has 1 amide bonds. The zero-order valence-corrected chi connectivity index (χ0v) is 6.72. The van der Waals surface area contributed by atoms with Gasteiger partial charge in [-0.1, -0.05) is 0 Å². The van der Waals surface area contributed by atoms with Gasteiger partial charge in [0.05, 0.1) is 0 Å². The number of rotatable bonds is 0. The Labute approximate surface area is 71.7 Å². The Hall–Kier alpha value is -1.38. The number of nitrogens with one attached hydrogen (secondary N) is 1. The van der Waals surface area contributed by atoms with E-state index in [1.807, 2.05) is 25.1 Å². The number of hydrogen-bond donors (Lipinski definition) is 1. The Morgan fingerprint density at radius 3 is 2.92 bits per heavy atom. The average Bonchev–Trinajstić information content (AvgIpc) is 2.28. The molecule has 57 valence electrons. The third-order valence-electron chi connectivity index (χ3n) is 1.96. The number of amides is 1. The number of fused-ring (bicyclic) bond motifs is 1. The van der Waals surface area contributed by atoms with Crippen molar-refractivity contribution in [2.75, 3.05) is 5.32 Å². The zero-order valence-electron chi connectivity index (χ0n) is 6.72. The van der Waals surface area contributed by atoms with Crippen LogP contribution in [-0.4, -0.2) is 18.9 Å². The second-order valence-corrected chi connectivity index (χ2v) is 2.92. The summed E-state index contributed by atoms with van der Waals surface area (Å²) in [5.41, 5.74) is 3.05. The molecule has 0 atom stereocenters. The van der Waals surface area contributed by atoms with Gasteiger partial charge in [0.15, 0.2) is 0 Å². The van der Waals surface area contributed by atoms with Crippen LogP contribution in [0.5, 0.6) is 0 Å². The molecule has 0 fully saturated rings. The van der Waals surface area contributed by atoms with Gasteiger partial charge in [0.2, 0.25) is 0 Å². The summed E-state index contributed by atoms with van der Waals surface area (Å²) in [6.45, 7) is 1.97. The number of carbonyl (C=O) groups is 1. The zero-order chi connectivity index (χ0) is 8.72. The molecule has 0 spiro atoms. The molecular weight excluding hydrogens is 149 g/mol. The molecule has 1 aliphatic heterocycles. The van der Waals surface area contributed by atoms with Crippen LogP contribution in [0.3, 0.4) is 0 Å². The molecule has 3 heteroatoms. The summed E-state index contributed by atoms with van der Waals surface area (Å²) in [6, 6.07) is 5.71. The van der Waals surface area contributed by atoms with Crippen LogP contribution in [0.1, 0.15) is 11.1 Å².